The van der Waals surface area contributed by atoms with Gasteiger partial charge in [0.05, 0.1) is 25.4 Å². The Bertz CT molecular complexity index is 86.9. The van der Waals surface area contributed by atoms with E-state index in [0.717, 1.165) is 13.0 Å². The van der Waals surface area contributed by atoms with Crippen LogP contribution in [0.4, 0.5) is 0 Å². The SMILES string of the molecule is C[C@H](O)CO[C@H]1CCOC1. The zero-order chi connectivity index (χ0) is 7.40. The molecule has 0 saturated carbocycles. The van der Waals surface area contributed by atoms with Crippen LogP contribution in [0.15, 0.2) is 0 Å². The number of aliphatic hydroxyl groups excluding tert-OH is 1. The van der Waals surface area contributed by atoms with Crippen molar-refractivity contribution in [3.05, 3.63) is 0 Å². The number of hydrogen-bond donors (Lipinski definition) is 1. The first-order valence-corrected chi connectivity index (χ1v) is 3.66. The molecule has 1 fully saturated rings. The normalized spacial score (nSPS) is 28.8. The van der Waals surface area contributed by atoms with Crippen LogP contribution in [0, 0.1) is 0 Å². The second-order valence-electron chi connectivity index (χ2n) is 2.67. The lowest BCUT2D eigenvalue weighted by molar-refractivity contribution is -0.00602. The highest BCUT2D eigenvalue weighted by atomic mass is 16.5. The minimum Gasteiger partial charge on any atom is -0.391 e. The molecule has 1 N–H and O–H groups in total. The van der Waals surface area contributed by atoms with E-state index < -0.39 is 0 Å². The Morgan fingerprint density at radius 3 is 3.10 bits per heavy atom. The fourth-order valence-electron chi connectivity index (χ4n) is 0.920. The fraction of sp³-hybridized carbons (Fsp3) is 1.00. The van der Waals surface area contributed by atoms with Crippen LogP contribution in [-0.4, -0.2) is 37.1 Å². The largest absolute Gasteiger partial charge is 0.391 e. The topological polar surface area (TPSA) is 38.7 Å². The summed E-state index contributed by atoms with van der Waals surface area (Å²) in [5.74, 6) is 0. The van der Waals surface area contributed by atoms with Gasteiger partial charge in [-0.3, -0.25) is 0 Å². The van der Waals surface area contributed by atoms with E-state index in [1.807, 2.05) is 0 Å². The number of rotatable bonds is 3. The molecular formula is C7H14O3. The van der Waals surface area contributed by atoms with Crippen LogP contribution in [-0.2, 0) is 9.47 Å². The summed E-state index contributed by atoms with van der Waals surface area (Å²) < 4.78 is 10.4. The fourth-order valence-corrected chi connectivity index (χ4v) is 0.920. The van der Waals surface area contributed by atoms with Crippen LogP contribution in [0.5, 0.6) is 0 Å². The predicted molar refractivity (Wildman–Crippen MR) is 36.9 cm³/mol. The minimum atomic E-state index is -0.361. The van der Waals surface area contributed by atoms with Crippen LogP contribution in [0.1, 0.15) is 13.3 Å². The molecule has 3 heteroatoms. The molecule has 60 valence electrons. The van der Waals surface area contributed by atoms with Crippen molar-refractivity contribution in [3.63, 3.8) is 0 Å². The molecule has 1 saturated heterocycles. The molecule has 0 aromatic carbocycles. The second kappa shape index (κ2) is 3.91. The molecule has 1 aliphatic heterocycles. The summed E-state index contributed by atoms with van der Waals surface area (Å²) in [6.45, 7) is 3.63. The molecule has 10 heavy (non-hydrogen) atoms. The lowest BCUT2D eigenvalue weighted by atomic mass is 10.3. The highest BCUT2D eigenvalue weighted by molar-refractivity contribution is 4.63. The van der Waals surface area contributed by atoms with Crippen LogP contribution >= 0.6 is 0 Å². The standard InChI is InChI=1S/C7H14O3/c1-6(8)4-10-7-2-3-9-5-7/h6-8H,2-5H2,1H3/t6-,7-/m0/s1. The maximum absolute atomic E-state index is 8.85. The van der Waals surface area contributed by atoms with Gasteiger partial charge in [0.25, 0.3) is 0 Å². The van der Waals surface area contributed by atoms with Crippen LogP contribution in [0.3, 0.4) is 0 Å². The maximum Gasteiger partial charge on any atom is 0.0831 e. The third kappa shape index (κ3) is 2.64. The van der Waals surface area contributed by atoms with Crippen molar-refractivity contribution in [2.24, 2.45) is 0 Å². The van der Waals surface area contributed by atoms with E-state index in [9.17, 15) is 0 Å². The van der Waals surface area contributed by atoms with Crippen molar-refractivity contribution >= 4 is 0 Å². The monoisotopic (exact) mass is 146 g/mol. The first-order valence-electron chi connectivity index (χ1n) is 3.66. The molecule has 0 spiro atoms. The Morgan fingerprint density at radius 2 is 2.60 bits per heavy atom. The summed E-state index contributed by atoms with van der Waals surface area (Å²) in [5, 5.41) is 8.85. The first kappa shape index (κ1) is 7.98. The lowest BCUT2D eigenvalue weighted by Crippen LogP contribution is -2.19. The number of aliphatic hydroxyl groups is 1. The van der Waals surface area contributed by atoms with Gasteiger partial charge >= 0.3 is 0 Å². The zero-order valence-corrected chi connectivity index (χ0v) is 6.25. The molecule has 1 rings (SSSR count). The van der Waals surface area contributed by atoms with Gasteiger partial charge in [-0.25, -0.2) is 0 Å². The Kier molecular flexibility index (Phi) is 3.12. The van der Waals surface area contributed by atoms with Crippen molar-refractivity contribution in [1.29, 1.82) is 0 Å². The number of hydrogen-bond acceptors (Lipinski definition) is 3. The predicted octanol–water partition coefficient (Wildman–Crippen LogP) is 0.173. The van der Waals surface area contributed by atoms with Gasteiger partial charge < -0.3 is 14.6 Å². The molecule has 1 heterocycles. The Hall–Kier alpha value is -0.120. The molecule has 1 aliphatic rings. The Labute approximate surface area is 60.9 Å². The van der Waals surface area contributed by atoms with E-state index in [1.165, 1.54) is 0 Å². The van der Waals surface area contributed by atoms with Crippen molar-refractivity contribution in [1.82, 2.24) is 0 Å². The van der Waals surface area contributed by atoms with Crippen LogP contribution in [0.25, 0.3) is 0 Å². The van der Waals surface area contributed by atoms with Crippen molar-refractivity contribution in [2.45, 2.75) is 25.6 Å². The maximum atomic E-state index is 8.85. The molecular weight excluding hydrogens is 132 g/mol. The summed E-state index contributed by atoms with van der Waals surface area (Å²) in [6, 6.07) is 0. The van der Waals surface area contributed by atoms with Gasteiger partial charge in [0.2, 0.25) is 0 Å². The quantitative estimate of drug-likeness (QED) is 0.617. The van der Waals surface area contributed by atoms with Gasteiger partial charge in [-0.1, -0.05) is 0 Å². The minimum absolute atomic E-state index is 0.217. The lowest BCUT2D eigenvalue weighted by Gasteiger charge is -2.10. The van der Waals surface area contributed by atoms with E-state index in [0.29, 0.717) is 13.2 Å². The third-order valence-electron chi connectivity index (χ3n) is 1.46. The van der Waals surface area contributed by atoms with Crippen molar-refractivity contribution in [2.75, 3.05) is 19.8 Å². The summed E-state index contributed by atoms with van der Waals surface area (Å²) in [4.78, 5) is 0. The van der Waals surface area contributed by atoms with E-state index in [4.69, 9.17) is 14.6 Å². The molecule has 3 nitrogen and oxygen atoms in total. The van der Waals surface area contributed by atoms with Gasteiger partial charge in [0.15, 0.2) is 0 Å². The molecule has 0 aliphatic carbocycles. The van der Waals surface area contributed by atoms with Gasteiger partial charge in [-0.2, -0.15) is 0 Å². The van der Waals surface area contributed by atoms with Gasteiger partial charge in [0.1, 0.15) is 0 Å². The molecule has 0 amide bonds. The van der Waals surface area contributed by atoms with E-state index in [2.05, 4.69) is 0 Å². The average Bonchev–Trinajstić information content (AvgIpc) is 2.34. The molecule has 0 radical (unpaired) electrons. The van der Waals surface area contributed by atoms with E-state index in [1.54, 1.807) is 6.92 Å². The van der Waals surface area contributed by atoms with E-state index >= 15 is 0 Å². The smallest absolute Gasteiger partial charge is 0.0831 e. The summed E-state index contributed by atoms with van der Waals surface area (Å²) >= 11 is 0. The van der Waals surface area contributed by atoms with Gasteiger partial charge in [-0.05, 0) is 13.3 Å². The second-order valence-corrected chi connectivity index (χ2v) is 2.67. The van der Waals surface area contributed by atoms with Crippen molar-refractivity contribution < 1.29 is 14.6 Å². The Morgan fingerprint density at radius 1 is 1.80 bits per heavy atom. The molecule has 0 bridgehead atoms. The summed E-state index contributed by atoms with van der Waals surface area (Å²) in [6.07, 6.45) is 0.822. The highest BCUT2D eigenvalue weighted by Gasteiger charge is 2.15. The van der Waals surface area contributed by atoms with Crippen molar-refractivity contribution in [3.8, 4) is 0 Å². The molecule has 0 aromatic heterocycles. The third-order valence-corrected chi connectivity index (χ3v) is 1.46. The summed E-state index contributed by atoms with van der Waals surface area (Å²) in [5.41, 5.74) is 0. The average molecular weight is 146 g/mol. The van der Waals surface area contributed by atoms with E-state index in [-0.39, 0.29) is 12.2 Å². The first-order chi connectivity index (χ1) is 4.79. The molecule has 0 aromatic rings. The zero-order valence-electron chi connectivity index (χ0n) is 6.25. The highest BCUT2D eigenvalue weighted by Crippen LogP contribution is 2.07. The molecule has 2 atom stereocenters. The molecule has 0 unspecified atom stereocenters. The Balaban J connectivity index is 2.01. The summed E-state index contributed by atoms with van der Waals surface area (Å²) in [7, 11) is 0. The van der Waals surface area contributed by atoms with Crippen LogP contribution < -0.4 is 0 Å². The van der Waals surface area contributed by atoms with Gasteiger partial charge in [-0.15, -0.1) is 0 Å². The number of ether oxygens (including phenoxy) is 2. The van der Waals surface area contributed by atoms with Gasteiger partial charge in [0, 0.05) is 6.61 Å². The van der Waals surface area contributed by atoms with Crippen LogP contribution in [0.2, 0.25) is 0 Å².